The van der Waals surface area contributed by atoms with Crippen LogP contribution >= 0.6 is 11.8 Å². The summed E-state index contributed by atoms with van der Waals surface area (Å²) in [5.74, 6) is 2.06. The largest absolute Gasteiger partial charge is 0.497 e. The maximum absolute atomic E-state index is 12.4. The van der Waals surface area contributed by atoms with Crippen molar-refractivity contribution in [3.8, 4) is 23.0 Å². The van der Waals surface area contributed by atoms with Crippen molar-refractivity contribution >= 4 is 17.7 Å². The van der Waals surface area contributed by atoms with Crippen LogP contribution in [0.15, 0.2) is 76.5 Å². The van der Waals surface area contributed by atoms with E-state index in [0.29, 0.717) is 23.3 Å². The lowest BCUT2D eigenvalue weighted by Gasteiger charge is -2.10. The zero-order valence-corrected chi connectivity index (χ0v) is 18.1. The highest BCUT2D eigenvalue weighted by Gasteiger charge is 2.19. The van der Waals surface area contributed by atoms with Crippen molar-refractivity contribution in [1.29, 1.82) is 0 Å². The van der Waals surface area contributed by atoms with Crippen molar-refractivity contribution in [2.75, 3.05) is 12.9 Å². The van der Waals surface area contributed by atoms with Gasteiger partial charge in [0.05, 0.1) is 24.8 Å². The summed E-state index contributed by atoms with van der Waals surface area (Å²) in [4.78, 5) is 12.4. The number of methoxy groups -OCH3 is 1. The number of benzene rings is 2. The van der Waals surface area contributed by atoms with E-state index in [1.807, 2.05) is 66.1 Å². The summed E-state index contributed by atoms with van der Waals surface area (Å²) in [6.07, 6.45) is 1.59. The van der Waals surface area contributed by atoms with E-state index in [4.69, 9.17) is 9.15 Å². The highest BCUT2D eigenvalue weighted by Crippen LogP contribution is 2.29. The second kappa shape index (κ2) is 9.53. The number of carbonyl (C=O) groups is 1. The highest BCUT2D eigenvalue weighted by molar-refractivity contribution is 7.99. The smallest absolute Gasteiger partial charge is 0.230 e. The quantitative estimate of drug-likeness (QED) is 0.418. The van der Waals surface area contributed by atoms with Gasteiger partial charge in [0.1, 0.15) is 5.75 Å². The monoisotopic (exact) mass is 434 g/mol. The molecule has 0 fully saturated rings. The van der Waals surface area contributed by atoms with E-state index < -0.39 is 0 Å². The molecule has 31 heavy (non-hydrogen) atoms. The van der Waals surface area contributed by atoms with Crippen molar-refractivity contribution in [3.05, 3.63) is 78.1 Å². The minimum Gasteiger partial charge on any atom is -0.497 e. The number of aromatic nitrogens is 3. The summed E-state index contributed by atoms with van der Waals surface area (Å²) < 4.78 is 12.6. The molecule has 0 saturated carbocycles. The molecule has 0 atom stereocenters. The fourth-order valence-electron chi connectivity index (χ4n) is 2.98. The molecule has 0 aliphatic heterocycles. The molecule has 4 rings (SSSR count). The molecule has 2 aromatic heterocycles. The van der Waals surface area contributed by atoms with Gasteiger partial charge in [0.2, 0.25) is 11.7 Å². The molecule has 0 saturated heterocycles. The van der Waals surface area contributed by atoms with E-state index in [0.717, 1.165) is 17.0 Å². The van der Waals surface area contributed by atoms with Crippen molar-refractivity contribution in [2.24, 2.45) is 0 Å². The van der Waals surface area contributed by atoms with Crippen LogP contribution in [0.2, 0.25) is 0 Å². The Morgan fingerprint density at radius 2 is 1.87 bits per heavy atom. The molecule has 2 aromatic carbocycles. The van der Waals surface area contributed by atoms with Crippen molar-refractivity contribution in [1.82, 2.24) is 20.1 Å². The summed E-state index contributed by atoms with van der Waals surface area (Å²) in [6, 6.07) is 19.3. The van der Waals surface area contributed by atoms with Gasteiger partial charge in [0.15, 0.2) is 10.9 Å². The Kier molecular flexibility index (Phi) is 6.37. The van der Waals surface area contributed by atoms with Crippen LogP contribution in [0.3, 0.4) is 0 Å². The molecular weight excluding hydrogens is 412 g/mol. The third kappa shape index (κ3) is 4.97. The van der Waals surface area contributed by atoms with Crippen LogP contribution in [0.25, 0.3) is 17.3 Å². The van der Waals surface area contributed by atoms with Crippen LogP contribution < -0.4 is 10.1 Å². The minimum absolute atomic E-state index is 0.0746. The lowest BCUT2D eigenvalue weighted by Crippen LogP contribution is -2.24. The second-order valence-corrected chi connectivity index (χ2v) is 7.81. The van der Waals surface area contributed by atoms with Crippen molar-refractivity contribution < 1.29 is 13.9 Å². The molecule has 0 unspecified atom stereocenters. The van der Waals surface area contributed by atoms with E-state index in [9.17, 15) is 4.79 Å². The van der Waals surface area contributed by atoms with Crippen LogP contribution in [0.1, 0.15) is 11.1 Å². The van der Waals surface area contributed by atoms with E-state index in [2.05, 4.69) is 15.5 Å². The van der Waals surface area contributed by atoms with Gasteiger partial charge < -0.3 is 14.5 Å². The molecule has 0 bridgehead atoms. The predicted octanol–water partition coefficient (Wildman–Crippen LogP) is 4.25. The Hall–Kier alpha value is -3.52. The Labute approximate surface area is 184 Å². The first-order chi connectivity index (χ1) is 15.1. The van der Waals surface area contributed by atoms with Gasteiger partial charge in [0.25, 0.3) is 0 Å². The molecule has 0 spiro atoms. The maximum atomic E-state index is 12.4. The maximum Gasteiger partial charge on any atom is 0.230 e. The molecule has 7 nitrogen and oxygen atoms in total. The van der Waals surface area contributed by atoms with Gasteiger partial charge in [-0.25, -0.2) is 0 Å². The van der Waals surface area contributed by atoms with Gasteiger partial charge in [-0.2, -0.15) is 0 Å². The van der Waals surface area contributed by atoms with Crippen LogP contribution in [-0.2, 0) is 11.3 Å². The second-order valence-electron chi connectivity index (χ2n) is 6.87. The standard InChI is InChI=1S/C23H22N4O3S/c1-16-5-7-17(8-6-16)14-24-21(28)15-31-23-26-25-22(20-4-3-13-30-20)27(23)18-9-11-19(29-2)12-10-18/h3-13H,14-15H2,1-2H3,(H,24,28). The predicted molar refractivity (Wildman–Crippen MR) is 119 cm³/mol. The molecule has 158 valence electrons. The molecule has 0 aliphatic rings. The number of hydrogen-bond donors (Lipinski definition) is 1. The Balaban J connectivity index is 1.49. The number of rotatable bonds is 8. The van der Waals surface area contributed by atoms with E-state index in [1.54, 1.807) is 19.4 Å². The lowest BCUT2D eigenvalue weighted by molar-refractivity contribution is -0.118. The summed E-state index contributed by atoms with van der Waals surface area (Å²) in [5, 5.41) is 12.1. The number of ether oxygens (including phenoxy) is 1. The number of carbonyl (C=O) groups excluding carboxylic acids is 1. The van der Waals surface area contributed by atoms with E-state index >= 15 is 0 Å². The SMILES string of the molecule is COc1ccc(-n2c(SCC(=O)NCc3ccc(C)cc3)nnc2-c2ccco2)cc1. The topological polar surface area (TPSA) is 82.2 Å². The number of aryl methyl sites for hydroxylation is 1. The normalized spacial score (nSPS) is 10.8. The van der Waals surface area contributed by atoms with Crippen LogP contribution in [0.4, 0.5) is 0 Å². The van der Waals surface area contributed by atoms with Crippen molar-refractivity contribution in [2.45, 2.75) is 18.6 Å². The van der Waals surface area contributed by atoms with Gasteiger partial charge in [-0.15, -0.1) is 10.2 Å². The summed E-state index contributed by atoms with van der Waals surface area (Å²) in [6.45, 7) is 2.53. The van der Waals surface area contributed by atoms with Crippen molar-refractivity contribution in [3.63, 3.8) is 0 Å². The molecule has 0 radical (unpaired) electrons. The lowest BCUT2D eigenvalue weighted by atomic mass is 10.1. The molecule has 8 heteroatoms. The summed E-state index contributed by atoms with van der Waals surface area (Å²) in [5.41, 5.74) is 3.10. The van der Waals surface area contributed by atoms with Crippen LogP contribution in [-0.4, -0.2) is 33.5 Å². The molecule has 1 amide bonds. The average molecular weight is 435 g/mol. The summed E-state index contributed by atoms with van der Waals surface area (Å²) in [7, 11) is 1.62. The fraction of sp³-hybridized carbons (Fsp3) is 0.174. The summed E-state index contributed by atoms with van der Waals surface area (Å²) >= 11 is 1.32. The highest BCUT2D eigenvalue weighted by atomic mass is 32.2. The van der Waals surface area contributed by atoms with Gasteiger partial charge >= 0.3 is 0 Å². The molecule has 2 heterocycles. The van der Waals surface area contributed by atoms with Crippen LogP contribution in [0.5, 0.6) is 5.75 Å². The first kappa shape index (κ1) is 20.7. The van der Waals surface area contributed by atoms with E-state index in [1.165, 1.54) is 17.3 Å². The number of furan rings is 1. The zero-order chi connectivity index (χ0) is 21.6. The number of amides is 1. The number of thioether (sulfide) groups is 1. The van der Waals surface area contributed by atoms with E-state index in [-0.39, 0.29) is 11.7 Å². The molecular formula is C23H22N4O3S. The first-order valence-electron chi connectivity index (χ1n) is 9.73. The fourth-order valence-corrected chi connectivity index (χ4v) is 3.76. The molecule has 0 aliphatic carbocycles. The number of nitrogens with zero attached hydrogens (tertiary/aromatic N) is 3. The van der Waals surface area contributed by atoms with Gasteiger partial charge in [0, 0.05) is 6.54 Å². The third-order valence-corrected chi connectivity index (χ3v) is 5.58. The van der Waals surface area contributed by atoms with Gasteiger partial charge in [-0.3, -0.25) is 9.36 Å². The van der Waals surface area contributed by atoms with Crippen LogP contribution in [0, 0.1) is 6.92 Å². The molecule has 4 aromatic rings. The Morgan fingerprint density at radius 3 is 2.55 bits per heavy atom. The Morgan fingerprint density at radius 1 is 1.10 bits per heavy atom. The Bertz CT molecular complexity index is 1140. The third-order valence-electron chi connectivity index (χ3n) is 4.65. The first-order valence-corrected chi connectivity index (χ1v) is 10.7. The number of hydrogen-bond acceptors (Lipinski definition) is 6. The average Bonchev–Trinajstić information content (AvgIpc) is 3.47. The zero-order valence-electron chi connectivity index (χ0n) is 17.2. The molecule has 1 N–H and O–H groups in total. The van der Waals surface area contributed by atoms with Gasteiger partial charge in [-0.05, 0) is 48.9 Å². The number of nitrogens with one attached hydrogen (secondary N) is 1. The van der Waals surface area contributed by atoms with Gasteiger partial charge in [-0.1, -0.05) is 41.6 Å². The minimum atomic E-state index is -0.0746.